The monoisotopic (exact) mass is 459 g/mol. The van der Waals surface area contributed by atoms with Crippen molar-refractivity contribution in [1.82, 2.24) is 5.32 Å². The molecule has 1 aliphatic rings. The summed E-state index contributed by atoms with van der Waals surface area (Å²) in [5, 5.41) is 3.57. The van der Waals surface area contributed by atoms with Crippen LogP contribution in [-0.2, 0) is 34.1 Å². The van der Waals surface area contributed by atoms with E-state index in [-0.39, 0.29) is 11.1 Å². The highest BCUT2D eigenvalue weighted by atomic mass is 35.5. The number of carbonyl (C=O) groups excluding carboxylic acids is 3. The lowest BCUT2D eigenvalue weighted by molar-refractivity contribution is -0.150. The Bertz CT molecular complexity index is 1060. The largest absolute Gasteiger partial charge is 0.497 e. The first-order valence-electron chi connectivity index (χ1n) is 9.51. The van der Waals surface area contributed by atoms with Crippen molar-refractivity contribution in [3.05, 3.63) is 75.8 Å². The average molecular weight is 460 g/mol. The molecular formula is C23H22ClNO7. The van der Waals surface area contributed by atoms with Crippen molar-refractivity contribution in [2.24, 2.45) is 0 Å². The van der Waals surface area contributed by atoms with Crippen molar-refractivity contribution >= 4 is 29.5 Å². The number of hydrogen-bond donors (Lipinski definition) is 1. The minimum atomic E-state index is -1.85. The molecule has 0 saturated heterocycles. The van der Waals surface area contributed by atoms with Gasteiger partial charge in [-0.1, -0.05) is 35.9 Å². The van der Waals surface area contributed by atoms with E-state index in [2.05, 4.69) is 5.32 Å². The number of halogens is 1. The smallest absolute Gasteiger partial charge is 0.337 e. The Hall–Kier alpha value is -3.36. The third kappa shape index (κ3) is 3.83. The van der Waals surface area contributed by atoms with Gasteiger partial charge in [-0.3, -0.25) is 5.32 Å². The Morgan fingerprint density at radius 2 is 1.44 bits per heavy atom. The Morgan fingerprint density at radius 1 is 0.844 bits per heavy atom. The fourth-order valence-electron chi connectivity index (χ4n) is 3.81. The Balaban J connectivity index is 2.35. The average Bonchev–Trinajstić information content (AvgIpc) is 3.20. The Morgan fingerprint density at radius 3 is 1.94 bits per heavy atom. The van der Waals surface area contributed by atoms with E-state index in [1.807, 2.05) is 0 Å². The second kappa shape index (κ2) is 9.42. The van der Waals surface area contributed by atoms with E-state index in [0.29, 0.717) is 21.9 Å². The summed E-state index contributed by atoms with van der Waals surface area (Å²) in [5.41, 5.74) is -1.20. The zero-order valence-corrected chi connectivity index (χ0v) is 18.7. The molecule has 1 N–H and O–H groups in total. The van der Waals surface area contributed by atoms with Crippen molar-refractivity contribution in [2.75, 3.05) is 28.4 Å². The second-order valence-electron chi connectivity index (χ2n) is 6.87. The van der Waals surface area contributed by atoms with Crippen LogP contribution in [0.4, 0.5) is 0 Å². The lowest BCUT2D eigenvalue weighted by Crippen LogP contribution is -2.50. The SMILES string of the molecule is COC(=O)C1=C(C(=O)OC)[C@](C(=O)OC)(c2ccc(Cl)cc2)N[C@H]1c1ccc(OC)cc1. The van der Waals surface area contributed by atoms with Gasteiger partial charge >= 0.3 is 17.9 Å². The van der Waals surface area contributed by atoms with Crippen LogP contribution in [0.3, 0.4) is 0 Å². The summed E-state index contributed by atoms with van der Waals surface area (Å²) in [5.74, 6) is -1.88. The van der Waals surface area contributed by atoms with Gasteiger partial charge in [0, 0.05) is 5.02 Å². The maximum atomic E-state index is 13.3. The molecule has 0 aromatic heterocycles. The van der Waals surface area contributed by atoms with Crippen molar-refractivity contribution in [3.63, 3.8) is 0 Å². The number of nitrogens with one attached hydrogen (secondary N) is 1. The summed E-state index contributed by atoms with van der Waals surface area (Å²) in [6.45, 7) is 0. The minimum Gasteiger partial charge on any atom is -0.497 e. The number of rotatable bonds is 6. The molecule has 0 saturated carbocycles. The molecule has 2 atom stereocenters. The van der Waals surface area contributed by atoms with Crippen LogP contribution < -0.4 is 10.1 Å². The van der Waals surface area contributed by atoms with Crippen molar-refractivity contribution in [3.8, 4) is 5.75 Å². The van der Waals surface area contributed by atoms with Crippen LogP contribution in [0, 0.1) is 0 Å². The van der Waals surface area contributed by atoms with E-state index in [0.717, 1.165) is 7.11 Å². The predicted octanol–water partition coefficient (Wildman–Crippen LogP) is 2.70. The van der Waals surface area contributed by atoms with E-state index in [9.17, 15) is 14.4 Å². The van der Waals surface area contributed by atoms with E-state index in [1.165, 1.54) is 21.3 Å². The molecule has 32 heavy (non-hydrogen) atoms. The number of esters is 3. The molecule has 0 spiro atoms. The summed E-state index contributed by atoms with van der Waals surface area (Å²) in [4.78, 5) is 39.2. The molecule has 0 radical (unpaired) electrons. The van der Waals surface area contributed by atoms with Gasteiger partial charge in [0.1, 0.15) is 5.75 Å². The molecule has 0 aliphatic carbocycles. The molecule has 1 aliphatic heterocycles. The third-order valence-corrected chi connectivity index (χ3v) is 5.56. The normalized spacial score (nSPS) is 20.0. The van der Waals surface area contributed by atoms with E-state index >= 15 is 0 Å². The van der Waals surface area contributed by atoms with Gasteiger partial charge in [-0.15, -0.1) is 0 Å². The summed E-state index contributed by atoms with van der Waals surface area (Å²) in [7, 11) is 5.07. The van der Waals surface area contributed by atoms with Crippen LogP contribution in [-0.4, -0.2) is 46.3 Å². The van der Waals surface area contributed by atoms with E-state index < -0.39 is 29.5 Å². The molecule has 8 nitrogen and oxygen atoms in total. The van der Waals surface area contributed by atoms with Gasteiger partial charge in [0.25, 0.3) is 0 Å². The third-order valence-electron chi connectivity index (χ3n) is 5.31. The quantitative estimate of drug-likeness (QED) is 0.520. The standard InChI is InChI=1S/C23H22ClNO7/c1-29-16-11-5-13(6-12-16)19-17(20(26)30-2)18(21(27)31-3)23(25-19,22(28)32-4)14-7-9-15(24)10-8-14/h5-12,19,25H,1-4H3/t19-,23-/m0/s1. The highest BCUT2D eigenvalue weighted by molar-refractivity contribution is 6.30. The van der Waals surface area contributed by atoms with E-state index in [1.54, 1.807) is 48.5 Å². The van der Waals surface area contributed by atoms with Gasteiger partial charge in [0.15, 0.2) is 5.54 Å². The molecule has 168 valence electrons. The first-order chi connectivity index (χ1) is 15.3. The van der Waals surface area contributed by atoms with Crippen LogP contribution in [0.25, 0.3) is 0 Å². The molecule has 2 aromatic rings. The van der Waals surface area contributed by atoms with Crippen LogP contribution in [0.2, 0.25) is 5.02 Å². The molecule has 0 amide bonds. The number of ether oxygens (including phenoxy) is 4. The van der Waals surface area contributed by atoms with Gasteiger partial charge in [-0.05, 0) is 35.4 Å². The number of benzene rings is 2. The Kier molecular flexibility index (Phi) is 6.86. The summed E-state index contributed by atoms with van der Waals surface area (Å²) >= 11 is 6.03. The van der Waals surface area contributed by atoms with Gasteiger partial charge in [-0.25, -0.2) is 14.4 Å². The first kappa shape index (κ1) is 23.3. The fourth-order valence-corrected chi connectivity index (χ4v) is 3.93. The van der Waals surface area contributed by atoms with Gasteiger partial charge in [0.2, 0.25) is 0 Å². The Labute approximate surface area is 190 Å². The number of carbonyl (C=O) groups is 3. The number of hydrogen-bond acceptors (Lipinski definition) is 8. The predicted molar refractivity (Wildman–Crippen MR) is 115 cm³/mol. The van der Waals surface area contributed by atoms with Crippen LogP contribution in [0.5, 0.6) is 5.75 Å². The lowest BCUT2D eigenvalue weighted by atomic mass is 9.82. The first-order valence-corrected chi connectivity index (χ1v) is 9.89. The maximum absolute atomic E-state index is 13.3. The molecule has 0 fully saturated rings. The van der Waals surface area contributed by atoms with Crippen molar-refractivity contribution < 1.29 is 33.3 Å². The summed E-state index contributed by atoms with van der Waals surface area (Å²) in [6, 6.07) is 12.2. The van der Waals surface area contributed by atoms with Crippen molar-refractivity contribution in [2.45, 2.75) is 11.6 Å². The lowest BCUT2D eigenvalue weighted by Gasteiger charge is -2.30. The van der Waals surface area contributed by atoms with Gasteiger partial charge < -0.3 is 18.9 Å². The van der Waals surface area contributed by atoms with Gasteiger partial charge in [-0.2, -0.15) is 0 Å². The highest BCUT2D eigenvalue weighted by Crippen LogP contribution is 2.46. The van der Waals surface area contributed by atoms with Crippen LogP contribution in [0.1, 0.15) is 17.2 Å². The van der Waals surface area contributed by atoms with E-state index in [4.69, 9.17) is 30.5 Å². The second-order valence-corrected chi connectivity index (χ2v) is 7.31. The van der Waals surface area contributed by atoms with Crippen molar-refractivity contribution in [1.29, 1.82) is 0 Å². The highest BCUT2D eigenvalue weighted by Gasteiger charge is 2.58. The molecule has 3 rings (SSSR count). The van der Waals surface area contributed by atoms with Crippen LogP contribution >= 0.6 is 11.6 Å². The molecular weight excluding hydrogens is 438 g/mol. The zero-order valence-electron chi connectivity index (χ0n) is 17.9. The number of methoxy groups -OCH3 is 4. The summed E-state index contributed by atoms with van der Waals surface area (Å²) < 4.78 is 20.2. The molecule has 9 heteroatoms. The molecule has 0 unspecified atom stereocenters. The van der Waals surface area contributed by atoms with Crippen LogP contribution in [0.15, 0.2) is 59.7 Å². The summed E-state index contributed by atoms with van der Waals surface area (Å²) in [6.07, 6.45) is 0. The fraction of sp³-hybridized carbons (Fsp3) is 0.261. The van der Waals surface area contributed by atoms with Gasteiger partial charge in [0.05, 0.1) is 45.6 Å². The molecule has 0 bridgehead atoms. The zero-order chi connectivity index (χ0) is 23.5. The topological polar surface area (TPSA) is 100 Å². The molecule has 1 heterocycles. The minimum absolute atomic E-state index is 0.0649. The molecule has 2 aromatic carbocycles. The maximum Gasteiger partial charge on any atom is 0.337 e.